The zero-order valence-electron chi connectivity index (χ0n) is 10.5. The number of sulfonamides is 1. The van der Waals surface area contributed by atoms with E-state index in [2.05, 4.69) is 15.9 Å². The quantitative estimate of drug-likeness (QED) is 0.848. The summed E-state index contributed by atoms with van der Waals surface area (Å²) in [5.74, 6) is -0.404. The zero-order chi connectivity index (χ0) is 14.9. The minimum Gasteiger partial charge on any atom is -0.468 e. The minimum absolute atomic E-state index is 0.00470. The Labute approximate surface area is 124 Å². The fraction of sp³-hybridized carbons (Fsp3) is 0.167. The van der Waals surface area contributed by atoms with Gasteiger partial charge in [0.1, 0.15) is 16.5 Å². The molecule has 0 bridgehead atoms. The van der Waals surface area contributed by atoms with Crippen molar-refractivity contribution in [3.8, 4) is 0 Å². The molecule has 0 saturated heterocycles. The second kappa shape index (κ2) is 5.55. The monoisotopic (exact) mass is 362 g/mol. The summed E-state index contributed by atoms with van der Waals surface area (Å²) in [7, 11) is -2.64. The van der Waals surface area contributed by atoms with E-state index in [0.29, 0.717) is 10.2 Å². The summed E-state index contributed by atoms with van der Waals surface area (Å²) in [6.45, 7) is 0.00470. The van der Waals surface area contributed by atoms with Crippen LogP contribution in [0.5, 0.6) is 0 Å². The van der Waals surface area contributed by atoms with Crippen LogP contribution in [0.1, 0.15) is 5.76 Å². The molecule has 1 aromatic carbocycles. The molecule has 0 aliphatic carbocycles. The van der Waals surface area contributed by atoms with E-state index >= 15 is 0 Å². The topological polar surface area (TPSA) is 76.5 Å². The number of hydrogen-bond donors (Lipinski definition) is 1. The highest BCUT2D eigenvalue weighted by atomic mass is 79.9. The molecule has 0 amide bonds. The first-order valence-corrected chi connectivity index (χ1v) is 7.79. The van der Waals surface area contributed by atoms with Gasteiger partial charge in [0.05, 0.1) is 12.8 Å². The van der Waals surface area contributed by atoms with E-state index < -0.39 is 20.7 Å². The molecule has 2 rings (SSSR count). The van der Waals surface area contributed by atoms with Crippen LogP contribution in [-0.4, -0.2) is 19.8 Å². The summed E-state index contributed by atoms with van der Waals surface area (Å²) in [5, 5.41) is 0. The van der Waals surface area contributed by atoms with Crippen molar-refractivity contribution >= 4 is 31.6 Å². The number of anilines is 1. The molecule has 108 valence electrons. The van der Waals surface area contributed by atoms with Crippen LogP contribution in [0.4, 0.5) is 10.1 Å². The van der Waals surface area contributed by atoms with Gasteiger partial charge in [0.2, 0.25) is 10.0 Å². The van der Waals surface area contributed by atoms with Crippen LogP contribution in [0.3, 0.4) is 0 Å². The number of benzene rings is 1. The number of nitrogen functional groups attached to an aromatic ring is 1. The Morgan fingerprint density at radius 3 is 2.75 bits per heavy atom. The zero-order valence-corrected chi connectivity index (χ0v) is 12.9. The number of rotatable bonds is 4. The van der Waals surface area contributed by atoms with Crippen LogP contribution in [0.2, 0.25) is 0 Å². The predicted octanol–water partition coefficient (Wildman–Crippen LogP) is 2.58. The Morgan fingerprint density at radius 1 is 1.45 bits per heavy atom. The highest BCUT2D eigenvalue weighted by molar-refractivity contribution is 9.10. The smallest absolute Gasteiger partial charge is 0.246 e. The van der Waals surface area contributed by atoms with Gasteiger partial charge >= 0.3 is 0 Å². The molecule has 20 heavy (non-hydrogen) atoms. The number of hydrogen-bond acceptors (Lipinski definition) is 4. The van der Waals surface area contributed by atoms with Crippen LogP contribution in [-0.2, 0) is 16.6 Å². The molecule has 5 nitrogen and oxygen atoms in total. The molecule has 0 spiro atoms. The van der Waals surface area contributed by atoms with Gasteiger partial charge in [-0.2, -0.15) is 4.31 Å². The van der Waals surface area contributed by atoms with Crippen LogP contribution in [0.15, 0.2) is 44.3 Å². The molecule has 0 unspecified atom stereocenters. The maximum atomic E-state index is 13.9. The second-order valence-corrected chi connectivity index (χ2v) is 7.01. The van der Waals surface area contributed by atoms with Gasteiger partial charge in [-0.15, -0.1) is 0 Å². The van der Waals surface area contributed by atoms with E-state index in [4.69, 9.17) is 10.2 Å². The summed E-state index contributed by atoms with van der Waals surface area (Å²) in [6, 6.07) is 5.41. The molecule has 0 aliphatic rings. The van der Waals surface area contributed by atoms with E-state index in [1.165, 1.54) is 13.3 Å². The van der Waals surface area contributed by atoms with Crippen LogP contribution >= 0.6 is 15.9 Å². The van der Waals surface area contributed by atoms with Gasteiger partial charge in [-0.25, -0.2) is 12.8 Å². The van der Waals surface area contributed by atoms with E-state index in [9.17, 15) is 12.8 Å². The number of furan rings is 1. The lowest BCUT2D eigenvalue weighted by Gasteiger charge is -2.17. The number of nitrogens with two attached hydrogens (primary N) is 1. The van der Waals surface area contributed by atoms with Crippen molar-refractivity contribution in [2.75, 3.05) is 12.8 Å². The van der Waals surface area contributed by atoms with Crippen molar-refractivity contribution in [2.45, 2.75) is 11.4 Å². The second-order valence-electron chi connectivity index (χ2n) is 4.14. The fourth-order valence-electron chi connectivity index (χ4n) is 1.62. The molecular formula is C12H12BrFN2O3S. The lowest BCUT2D eigenvalue weighted by atomic mass is 10.3. The summed E-state index contributed by atoms with van der Waals surface area (Å²) in [6.07, 6.45) is 1.44. The fourth-order valence-corrected chi connectivity index (χ4v) is 3.15. The first-order chi connectivity index (χ1) is 9.32. The van der Waals surface area contributed by atoms with Crippen molar-refractivity contribution in [3.05, 3.63) is 46.6 Å². The Hall–Kier alpha value is -1.38. The van der Waals surface area contributed by atoms with Crippen molar-refractivity contribution in [1.29, 1.82) is 0 Å². The number of halogens is 2. The molecule has 8 heteroatoms. The van der Waals surface area contributed by atoms with E-state index in [1.54, 1.807) is 12.1 Å². The minimum atomic E-state index is -3.99. The molecule has 0 fully saturated rings. The summed E-state index contributed by atoms with van der Waals surface area (Å²) in [4.78, 5) is -0.466. The highest BCUT2D eigenvalue weighted by Crippen LogP contribution is 2.28. The summed E-state index contributed by atoms with van der Waals surface area (Å²) >= 11 is 3.04. The van der Waals surface area contributed by atoms with Gasteiger partial charge in [-0.05, 0) is 40.2 Å². The highest BCUT2D eigenvalue weighted by Gasteiger charge is 2.26. The van der Waals surface area contributed by atoms with Crippen LogP contribution in [0.25, 0.3) is 0 Å². The third-order valence-corrected chi connectivity index (χ3v) is 5.20. The van der Waals surface area contributed by atoms with Crippen molar-refractivity contribution in [3.63, 3.8) is 0 Å². The SMILES string of the molecule is CN(Cc1ccco1)S(=O)(=O)c1cc(N)c(Br)cc1F. The predicted molar refractivity (Wildman–Crippen MR) is 75.9 cm³/mol. The van der Waals surface area contributed by atoms with Gasteiger partial charge in [-0.1, -0.05) is 0 Å². The summed E-state index contributed by atoms with van der Waals surface area (Å²) in [5.41, 5.74) is 5.76. The molecular weight excluding hydrogens is 351 g/mol. The molecule has 1 aromatic heterocycles. The molecule has 0 atom stereocenters. The van der Waals surface area contributed by atoms with Gasteiger partial charge < -0.3 is 10.2 Å². The largest absolute Gasteiger partial charge is 0.468 e. The van der Waals surface area contributed by atoms with E-state index in [-0.39, 0.29) is 12.2 Å². The van der Waals surface area contributed by atoms with Crippen LogP contribution in [0, 0.1) is 5.82 Å². The summed E-state index contributed by atoms with van der Waals surface area (Å²) < 4.78 is 44.9. The van der Waals surface area contributed by atoms with Gasteiger partial charge in [0, 0.05) is 17.2 Å². The maximum absolute atomic E-state index is 13.9. The average Bonchev–Trinajstić information content (AvgIpc) is 2.86. The normalized spacial score (nSPS) is 12.0. The average molecular weight is 363 g/mol. The van der Waals surface area contributed by atoms with Crippen molar-refractivity contribution in [1.82, 2.24) is 4.31 Å². The maximum Gasteiger partial charge on any atom is 0.246 e. The standard InChI is InChI=1S/C12H12BrFN2O3S/c1-16(7-8-3-2-4-19-8)20(17,18)12-6-11(15)9(13)5-10(12)14/h2-6H,7,15H2,1H3. The van der Waals surface area contributed by atoms with Crippen molar-refractivity contribution in [2.24, 2.45) is 0 Å². The van der Waals surface area contributed by atoms with Gasteiger partial charge in [0.25, 0.3) is 0 Å². The van der Waals surface area contributed by atoms with Gasteiger partial charge in [-0.3, -0.25) is 0 Å². The Bertz CT molecular complexity index is 717. The Morgan fingerprint density at radius 2 is 2.15 bits per heavy atom. The third-order valence-electron chi connectivity index (χ3n) is 2.70. The number of nitrogens with zero attached hydrogens (tertiary/aromatic N) is 1. The van der Waals surface area contributed by atoms with Crippen LogP contribution < -0.4 is 5.73 Å². The first kappa shape index (κ1) is 15.0. The molecule has 2 aromatic rings. The van der Waals surface area contributed by atoms with Crippen molar-refractivity contribution < 1.29 is 17.2 Å². The molecule has 0 radical (unpaired) electrons. The molecule has 0 aliphatic heterocycles. The lowest BCUT2D eigenvalue weighted by molar-refractivity contribution is 0.404. The Balaban J connectivity index is 2.37. The molecule has 2 N–H and O–H groups in total. The van der Waals surface area contributed by atoms with Gasteiger partial charge in [0.15, 0.2) is 0 Å². The first-order valence-electron chi connectivity index (χ1n) is 5.55. The lowest BCUT2D eigenvalue weighted by Crippen LogP contribution is -2.27. The Kier molecular flexibility index (Phi) is 4.17. The molecule has 0 saturated carbocycles. The third kappa shape index (κ3) is 2.87. The van der Waals surface area contributed by atoms with E-state index in [1.807, 2.05) is 0 Å². The van der Waals surface area contributed by atoms with E-state index in [0.717, 1.165) is 16.4 Å². The molecule has 1 heterocycles.